The van der Waals surface area contributed by atoms with Crippen LogP contribution in [0.25, 0.3) is 10.2 Å². The predicted molar refractivity (Wildman–Crippen MR) is 163 cm³/mol. The van der Waals surface area contributed by atoms with Crippen LogP contribution in [-0.2, 0) is 25.5 Å². The molecule has 2 aromatic rings. The Bertz CT molecular complexity index is 1210. The number of rotatable bonds is 13. The molecule has 41 heavy (non-hydrogen) atoms. The zero-order valence-corrected chi connectivity index (χ0v) is 25.5. The first-order chi connectivity index (χ1) is 19.8. The van der Waals surface area contributed by atoms with Gasteiger partial charge in [-0.05, 0) is 30.5 Å². The van der Waals surface area contributed by atoms with Gasteiger partial charge in [-0.2, -0.15) is 0 Å². The van der Waals surface area contributed by atoms with Crippen LogP contribution in [0.3, 0.4) is 0 Å². The van der Waals surface area contributed by atoms with Crippen LogP contribution in [0.15, 0.2) is 30.4 Å². The van der Waals surface area contributed by atoms with Gasteiger partial charge in [0.05, 0.1) is 28.4 Å². The summed E-state index contributed by atoms with van der Waals surface area (Å²) >= 11 is 7.61. The first kappa shape index (κ1) is 31.4. The monoisotopic (exact) mass is 603 g/mol. The summed E-state index contributed by atoms with van der Waals surface area (Å²) in [4.78, 5) is 45.8. The van der Waals surface area contributed by atoms with E-state index in [4.69, 9.17) is 16.3 Å². The fourth-order valence-corrected chi connectivity index (χ4v) is 6.76. The number of amides is 3. The van der Waals surface area contributed by atoms with Crippen LogP contribution in [0.2, 0.25) is 5.02 Å². The number of benzene rings is 1. The Morgan fingerprint density at radius 3 is 2.66 bits per heavy atom. The largest absolute Gasteiger partial charge is 0.379 e. The minimum atomic E-state index is -0.778. The number of morpholine rings is 1. The van der Waals surface area contributed by atoms with Gasteiger partial charge in [0.15, 0.2) is 0 Å². The highest BCUT2D eigenvalue weighted by molar-refractivity contribution is 7.18. The van der Waals surface area contributed by atoms with Crippen molar-refractivity contribution in [2.45, 2.75) is 70.4 Å². The van der Waals surface area contributed by atoms with Crippen molar-refractivity contribution >= 4 is 50.9 Å². The number of carbonyl (C=O) groups excluding carboxylic acids is 3. The maximum Gasteiger partial charge on any atom is 0.247 e. The van der Waals surface area contributed by atoms with Crippen LogP contribution in [0.1, 0.15) is 56.9 Å². The van der Waals surface area contributed by atoms with E-state index in [1.165, 1.54) is 30.6 Å². The molecule has 0 bridgehead atoms. The van der Waals surface area contributed by atoms with Crippen molar-refractivity contribution in [2.75, 3.05) is 39.4 Å². The highest BCUT2D eigenvalue weighted by Crippen LogP contribution is 2.28. The molecule has 224 valence electrons. The third kappa shape index (κ3) is 9.77. The summed E-state index contributed by atoms with van der Waals surface area (Å²) in [6.45, 7) is 9.43. The van der Waals surface area contributed by atoms with Gasteiger partial charge >= 0.3 is 0 Å². The number of halogens is 1. The summed E-state index contributed by atoms with van der Waals surface area (Å²) < 4.78 is 6.32. The number of thiazole rings is 1. The zero-order chi connectivity index (χ0) is 29.2. The Labute approximate surface area is 251 Å². The summed E-state index contributed by atoms with van der Waals surface area (Å²) in [6.07, 6.45) is 7.16. The van der Waals surface area contributed by atoms with Gasteiger partial charge in [0, 0.05) is 55.7 Å². The third-order valence-corrected chi connectivity index (χ3v) is 9.06. The molecule has 4 rings (SSSR count). The number of fused-ring (bicyclic) bond motifs is 1. The third-order valence-electron chi connectivity index (χ3n) is 7.78. The lowest BCUT2D eigenvalue weighted by Gasteiger charge is -2.29. The van der Waals surface area contributed by atoms with E-state index >= 15 is 0 Å². The van der Waals surface area contributed by atoms with Gasteiger partial charge in [-0.25, -0.2) is 4.98 Å². The number of nitrogens with one attached hydrogen (secondary N) is 3. The van der Waals surface area contributed by atoms with E-state index in [1.807, 2.05) is 12.1 Å². The van der Waals surface area contributed by atoms with Crippen LogP contribution in [0, 0.1) is 5.92 Å². The van der Waals surface area contributed by atoms with Gasteiger partial charge in [0.25, 0.3) is 0 Å². The molecule has 0 spiro atoms. The molecule has 1 saturated carbocycles. The average molecular weight is 604 g/mol. The molecule has 11 heteroatoms. The van der Waals surface area contributed by atoms with E-state index < -0.39 is 6.04 Å². The summed E-state index contributed by atoms with van der Waals surface area (Å²) in [5.74, 6) is -0.194. The molecule has 0 radical (unpaired) electrons. The number of ether oxygens (including phenoxy) is 1. The van der Waals surface area contributed by atoms with E-state index in [2.05, 4.69) is 32.4 Å². The first-order valence-corrected chi connectivity index (χ1v) is 15.9. The highest BCUT2D eigenvalue weighted by atomic mass is 35.5. The van der Waals surface area contributed by atoms with Crippen LogP contribution >= 0.6 is 22.9 Å². The molecular formula is C30H42ClN5O4S. The second-order valence-electron chi connectivity index (χ2n) is 11.0. The number of hydrogen-bond acceptors (Lipinski definition) is 7. The second kappa shape index (κ2) is 15.6. The molecule has 2 aliphatic rings. The minimum absolute atomic E-state index is 0.203. The maximum atomic E-state index is 13.6. The van der Waals surface area contributed by atoms with Crippen molar-refractivity contribution in [3.63, 3.8) is 0 Å². The quantitative estimate of drug-likeness (QED) is 0.300. The number of nitrogens with zero attached hydrogens (tertiary/aromatic N) is 2. The second-order valence-corrected chi connectivity index (χ2v) is 12.6. The lowest BCUT2D eigenvalue weighted by atomic mass is 9.84. The van der Waals surface area contributed by atoms with Crippen molar-refractivity contribution in [1.29, 1.82) is 0 Å². The van der Waals surface area contributed by atoms with E-state index in [-0.39, 0.29) is 36.6 Å². The summed E-state index contributed by atoms with van der Waals surface area (Å²) in [5.41, 5.74) is 1.31. The molecule has 1 aromatic heterocycles. The smallest absolute Gasteiger partial charge is 0.247 e. The van der Waals surface area contributed by atoms with Crippen LogP contribution < -0.4 is 16.0 Å². The molecule has 9 nitrogen and oxygen atoms in total. The van der Waals surface area contributed by atoms with Gasteiger partial charge in [-0.1, -0.05) is 57.2 Å². The van der Waals surface area contributed by atoms with E-state index in [0.29, 0.717) is 42.8 Å². The molecule has 2 heterocycles. The van der Waals surface area contributed by atoms with Crippen molar-refractivity contribution in [3.8, 4) is 0 Å². The number of hydrogen-bond donors (Lipinski definition) is 3. The van der Waals surface area contributed by atoms with E-state index in [1.54, 1.807) is 13.0 Å². The molecule has 2 fully saturated rings. The van der Waals surface area contributed by atoms with Crippen molar-refractivity contribution < 1.29 is 19.1 Å². The Balaban J connectivity index is 1.42. The average Bonchev–Trinajstić information content (AvgIpc) is 3.37. The molecular weight excluding hydrogens is 562 g/mol. The van der Waals surface area contributed by atoms with E-state index in [9.17, 15) is 14.4 Å². The van der Waals surface area contributed by atoms with Gasteiger partial charge in [0.2, 0.25) is 17.7 Å². The molecule has 2 atom stereocenters. The fourth-order valence-electron chi connectivity index (χ4n) is 5.48. The predicted octanol–water partition coefficient (Wildman–Crippen LogP) is 3.85. The topological polar surface area (TPSA) is 113 Å². The Morgan fingerprint density at radius 1 is 1.17 bits per heavy atom. The molecule has 3 amide bonds. The molecule has 1 saturated heterocycles. The highest BCUT2D eigenvalue weighted by Gasteiger charge is 2.27. The summed E-state index contributed by atoms with van der Waals surface area (Å²) in [7, 11) is 0. The summed E-state index contributed by atoms with van der Waals surface area (Å²) in [5, 5.41) is 10.4. The van der Waals surface area contributed by atoms with Gasteiger partial charge in [-0.15, -0.1) is 11.3 Å². The molecule has 1 aromatic carbocycles. The van der Waals surface area contributed by atoms with Gasteiger partial charge in [0.1, 0.15) is 6.04 Å². The standard InChI is InChI=1S/C30H42ClN5O4S/c1-3-27(37)34-25(17-28-35-24-10-9-22(31)16-26(24)41-28)30(39)33-23(15-21-7-5-4-6-8-21)18-32-29(38)20(2)19-36-11-13-40-14-12-36/h9-10,16,21,23,25H,2-8,11-15,17-19H2,1H3,(H,32,38)(H,33,39)(H,34,37)/t23-,25-/m0/s1. The van der Waals surface area contributed by atoms with Crippen molar-refractivity contribution in [1.82, 2.24) is 25.8 Å². The number of aromatic nitrogens is 1. The lowest BCUT2D eigenvalue weighted by molar-refractivity contribution is -0.129. The number of carbonyl (C=O) groups is 3. The Kier molecular flexibility index (Phi) is 12.0. The first-order valence-electron chi connectivity index (χ1n) is 14.7. The zero-order valence-electron chi connectivity index (χ0n) is 23.9. The molecule has 0 unspecified atom stereocenters. The minimum Gasteiger partial charge on any atom is -0.379 e. The van der Waals surface area contributed by atoms with Crippen LogP contribution in [0.5, 0.6) is 0 Å². The van der Waals surface area contributed by atoms with Crippen molar-refractivity contribution in [3.05, 3.63) is 40.4 Å². The summed E-state index contributed by atoms with van der Waals surface area (Å²) in [6, 6.07) is 4.46. The van der Waals surface area contributed by atoms with Gasteiger partial charge in [-0.3, -0.25) is 19.3 Å². The normalized spacial score (nSPS) is 18.0. The van der Waals surface area contributed by atoms with Crippen LogP contribution in [-0.4, -0.2) is 79.1 Å². The van der Waals surface area contributed by atoms with Gasteiger partial charge < -0.3 is 20.7 Å². The maximum absolute atomic E-state index is 13.6. The molecule has 1 aliphatic heterocycles. The SMILES string of the molecule is C=C(CN1CCOCC1)C(=O)NC[C@H](CC1CCCCC1)NC(=O)[C@H](Cc1nc2ccc(Cl)cc2s1)NC(=O)CC. The van der Waals surface area contributed by atoms with Crippen LogP contribution in [0.4, 0.5) is 0 Å². The van der Waals surface area contributed by atoms with Crippen molar-refractivity contribution in [2.24, 2.45) is 5.92 Å². The fraction of sp³-hybridized carbons (Fsp3) is 0.600. The molecule has 1 aliphatic carbocycles. The van der Waals surface area contributed by atoms with E-state index in [0.717, 1.165) is 47.6 Å². The Hall–Kier alpha value is -2.53. The lowest BCUT2D eigenvalue weighted by Crippen LogP contribution is -2.53. The Morgan fingerprint density at radius 2 is 1.93 bits per heavy atom. The molecule has 3 N–H and O–H groups in total.